The lowest BCUT2D eigenvalue weighted by Gasteiger charge is -2.16. The van der Waals surface area contributed by atoms with Crippen molar-refractivity contribution in [3.8, 4) is 0 Å². The van der Waals surface area contributed by atoms with Gasteiger partial charge in [-0.1, -0.05) is 27.7 Å². The van der Waals surface area contributed by atoms with Gasteiger partial charge in [0, 0.05) is 6.54 Å². The summed E-state index contributed by atoms with van der Waals surface area (Å²) >= 11 is 0. The van der Waals surface area contributed by atoms with Crippen LogP contribution < -0.4 is 5.32 Å². The fourth-order valence-corrected chi connectivity index (χ4v) is 1.31. The highest BCUT2D eigenvalue weighted by Gasteiger charge is 2.63. The first-order chi connectivity index (χ1) is 8.16. The molecule has 0 atom stereocenters. The lowest BCUT2D eigenvalue weighted by atomic mass is 10.2. The molecule has 0 aromatic rings. The summed E-state index contributed by atoms with van der Waals surface area (Å²) < 4.78 is 51.0. The molecule has 3 nitrogen and oxygen atoms in total. The zero-order valence-electron chi connectivity index (χ0n) is 11.1. The highest BCUT2D eigenvalue weighted by Crippen LogP contribution is 2.40. The normalized spacial score (nSPS) is 20.4. The number of hydrogen-bond acceptors (Lipinski definition) is 1. The molecule has 18 heavy (non-hydrogen) atoms. The van der Waals surface area contributed by atoms with Gasteiger partial charge in [0.1, 0.15) is 0 Å². The minimum atomic E-state index is -4.14. The first-order valence-corrected chi connectivity index (χ1v) is 5.94. The van der Waals surface area contributed by atoms with Crippen molar-refractivity contribution in [2.75, 3.05) is 19.6 Å². The van der Waals surface area contributed by atoms with Gasteiger partial charge >= 0.3 is 17.9 Å². The van der Waals surface area contributed by atoms with Crippen molar-refractivity contribution in [3.05, 3.63) is 0 Å². The third kappa shape index (κ3) is 4.03. The van der Waals surface area contributed by atoms with Crippen LogP contribution in [0, 0.1) is 5.92 Å². The Labute approximate surface area is 105 Å². The quantitative estimate of drug-likeness (QED) is 0.770. The van der Waals surface area contributed by atoms with Crippen LogP contribution in [0.4, 0.5) is 22.4 Å². The second-order valence-corrected chi connectivity index (χ2v) is 4.34. The first-order valence-electron chi connectivity index (χ1n) is 5.94. The zero-order valence-corrected chi connectivity index (χ0v) is 11.1. The molecular formula is C11H20F4N2O. The van der Waals surface area contributed by atoms with E-state index in [-0.39, 0.29) is 12.5 Å². The van der Waals surface area contributed by atoms with E-state index in [1.807, 2.05) is 27.7 Å². The minimum Gasteiger partial charge on any atom is -0.338 e. The van der Waals surface area contributed by atoms with E-state index in [1.54, 1.807) is 0 Å². The van der Waals surface area contributed by atoms with E-state index < -0.39 is 31.0 Å². The van der Waals surface area contributed by atoms with E-state index >= 15 is 0 Å². The van der Waals surface area contributed by atoms with Crippen molar-refractivity contribution in [3.63, 3.8) is 0 Å². The molecule has 7 heteroatoms. The van der Waals surface area contributed by atoms with Crippen molar-refractivity contribution in [2.45, 2.75) is 39.5 Å². The second kappa shape index (κ2) is 6.24. The van der Waals surface area contributed by atoms with Crippen molar-refractivity contribution in [2.24, 2.45) is 5.92 Å². The molecule has 0 radical (unpaired) electrons. The van der Waals surface area contributed by atoms with Crippen LogP contribution >= 0.6 is 0 Å². The van der Waals surface area contributed by atoms with E-state index in [0.29, 0.717) is 4.90 Å². The Morgan fingerprint density at radius 2 is 1.56 bits per heavy atom. The molecule has 0 bridgehead atoms. The van der Waals surface area contributed by atoms with E-state index in [2.05, 4.69) is 5.32 Å². The number of amides is 2. The standard InChI is InChI=1S/C9H14F4N2O.C2H6/c1-6(2)3-14-7(16)15-4-8(10,11)9(12,13)5-15;1-2/h6H,3-5H2,1-2H3,(H,14,16);1-2H3. The molecule has 0 aromatic heterocycles. The van der Waals surface area contributed by atoms with Gasteiger partial charge in [0.2, 0.25) is 0 Å². The van der Waals surface area contributed by atoms with Crippen LogP contribution in [0.2, 0.25) is 0 Å². The molecule has 0 aliphatic carbocycles. The summed E-state index contributed by atoms with van der Waals surface area (Å²) in [6.07, 6.45) is 0. The van der Waals surface area contributed by atoms with Gasteiger partial charge in [0.05, 0.1) is 13.1 Å². The molecule has 0 saturated carbocycles. The second-order valence-electron chi connectivity index (χ2n) is 4.34. The largest absolute Gasteiger partial charge is 0.338 e. The molecule has 0 unspecified atom stereocenters. The summed E-state index contributed by atoms with van der Waals surface area (Å²) in [7, 11) is 0. The minimum absolute atomic E-state index is 0.132. The fraction of sp³-hybridized carbons (Fsp3) is 0.909. The third-order valence-electron chi connectivity index (χ3n) is 2.26. The first kappa shape index (κ1) is 17.0. The van der Waals surface area contributed by atoms with Crippen molar-refractivity contribution in [1.82, 2.24) is 10.2 Å². The monoisotopic (exact) mass is 272 g/mol. The topological polar surface area (TPSA) is 32.3 Å². The number of urea groups is 1. The highest BCUT2D eigenvalue weighted by atomic mass is 19.3. The Hall–Kier alpha value is -1.01. The van der Waals surface area contributed by atoms with Gasteiger partial charge in [0.25, 0.3) is 0 Å². The van der Waals surface area contributed by atoms with E-state index in [1.165, 1.54) is 0 Å². The number of hydrogen-bond donors (Lipinski definition) is 1. The number of nitrogens with zero attached hydrogens (tertiary/aromatic N) is 1. The predicted octanol–water partition coefficient (Wildman–Crippen LogP) is 2.96. The number of carbonyl (C=O) groups excluding carboxylic acids is 1. The molecule has 1 aliphatic heterocycles. The van der Waals surface area contributed by atoms with Crippen LogP contribution in [0.3, 0.4) is 0 Å². The fourth-order valence-electron chi connectivity index (χ4n) is 1.31. The van der Waals surface area contributed by atoms with Crippen LogP contribution in [0.25, 0.3) is 0 Å². The Kier molecular flexibility index (Phi) is 5.89. The number of alkyl halides is 4. The Balaban J connectivity index is 0.00000137. The maximum Gasteiger partial charge on any atom is 0.329 e. The molecule has 1 saturated heterocycles. The molecule has 0 spiro atoms. The molecule has 1 N–H and O–H groups in total. The molecular weight excluding hydrogens is 252 g/mol. The third-order valence-corrected chi connectivity index (χ3v) is 2.26. The summed E-state index contributed by atoms with van der Waals surface area (Å²) in [4.78, 5) is 11.7. The molecule has 1 rings (SSSR count). The predicted molar refractivity (Wildman–Crippen MR) is 61.1 cm³/mol. The Morgan fingerprint density at radius 3 is 1.89 bits per heavy atom. The van der Waals surface area contributed by atoms with Crippen molar-refractivity contribution < 1.29 is 22.4 Å². The zero-order chi connectivity index (χ0) is 14.6. The van der Waals surface area contributed by atoms with Crippen LogP contribution in [0.5, 0.6) is 0 Å². The molecule has 0 aromatic carbocycles. The van der Waals surface area contributed by atoms with Crippen LogP contribution in [0.1, 0.15) is 27.7 Å². The number of rotatable bonds is 2. The number of nitrogens with one attached hydrogen (secondary N) is 1. The van der Waals surface area contributed by atoms with Crippen LogP contribution in [-0.2, 0) is 0 Å². The SMILES string of the molecule is CC.CC(C)CNC(=O)N1CC(F)(F)C(F)(F)C1. The van der Waals surface area contributed by atoms with Crippen molar-refractivity contribution in [1.29, 1.82) is 0 Å². The van der Waals surface area contributed by atoms with E-state index in [9.17, 15) is 22.4 Å². The molecule has 2 amide bonds. The van der Waals surface area contributed by atoms with Gasteiger partial charge in [-0.25, -0.2) is 4.79 Å². The summed E-state index contributed by atoms with van der Waals surface area (Å²) in [6, 6.07) is -0.870. The number of halogens is 4. The van der Waals surface area contributed by atoms with Gasteiger partial charge < -0.3 is 10.2 Å². The summed E-state index contributed by atoms with van der Waals surface area (Å²) in [5.74, 6) is -8.14. The smallest absolute Gasteiger partial charge is 0.329 e. The number of carbonyl (C=O) groups is 1. The van der Waals surface area contributed by atoms with E-state index in [4.69, 9.17) is 0 Å². The maximum absolute atomic E-state index is 12.8. The van der Waals surface area contributed by atoms with Gasteiger partial charge in [0.15, 0.2) is 0 Å². The lowest BCUT2D eigenvalue weighted by molar-refractivity contribution is -0.172. The average Bonchev–Trinajstić information content (AvgIpc) is 2.48. The average molecular weight is 272 g/mol. The summed E-state index contributed by atoms with van der Waals surface area (Å²) in [5, 5.41) is 2.32. The molecule has 1 aliphatic rings. The molecule has 1 fully saturated rings. The molecule has 1 heterocycles. The van der Waals surface area contributed by atoms with Crippen LogP contribution in [0.15, 0.2) is 0 Å². The Bertz CT molecular complexity index is 266. The van der Waals surface area contributed by atoms with Gasteiger partial charge in [-0.15, -0.1) is 0 Å². The van der Waals surface area contributed by atoms with Crippen molar-refractivity contribution >= 4 is 6.03 Å². The van der Waals surface area contributed by atoms with Crippen LogP contribution in [-0.4, -0.2) is 42.4 Å². The highest BCUT2D eigenvalue weighted by molar-refractivity contribution is 5.74. The van der Waals surface area contributed by atoms with Gasteiger partial charge in [-0.3, -0.25) is 0 Å². The lowest BCUT2D eigenvalue weighted by Crippen LogP contribution is -2.41. The van der Waals surface area contributed by atoms with E-state index in [0.717, 1.165) is 0 Å². The number of likely N-dealkylation sites (tertiary alicyclic amines) is 1. The maximum atomic E-state index is 12.8. The van der Waals surface area contributed by atoms with Gasteiger partial charge in [-0.05, 0) is 5.92 Å². The van der Waals surface area contributed by atoms with Gasteiger partial charge in [-0.2, -0.15) is 17.6 Å². The summed E-state index contributed by atoms with van der Waals surface area (Å²) in [5.41, 5.74) is 0. The Morgan fingerprint density at radius 1 is 1.17 bits per heavy atom. The summed E-state index contributed by atoms with van der Waals surface area (Å²) in [6.45, 7) is 5.43. The molecule has 108 valence electrons.